The fourth-order valence-corrected chi connectivity index (χ4v) is 10.1. The van der Waals surface area contributed by atoms with Crippen molar-refractivity contribution in [2.75, 3.05) is 12.3 Å². The molecule has 3 N–H and O–H groups in total. The molecule has 33 heavy (non-hydrogen) atoms. The third kappa shape index (κ3) is 3.63. The number of aliphatic hydroxyl groups excluding tert-OH is 3. The van der Waals surface area contributed by atoms with Gasteiger partial charge in [0, 0.05) is 18.7 Å². The molecule has 1 aliphatic heterocycles. The van der Waals surface area contributed by atoms with E-state index in [0.29, 0.717) is 31.1 Å². The van der Waals surface area contributed by atoms with E-state index in [1.54, 1.807) is 0 Å². The standard InChI is InChI=1S/C26H41NO5S/c1-14(10-22(31)27-8-9-33-24(27)32)17-4-5-18-23-19(13-21(30)26(17,18)3)25(2)7-6-16(28)11-15(25)12-20(23)29/h14-21,23,28-30H,4-13H2,1-3H3/t14?,15?,16-,17?,18?,19?,20-,21+,23?,25+,26-/m0/s1. The zero-order chi connectivity index (χ0) is 23.7. The summed E-state index contributed by atoms with van der Waals surface area (Å²) in [7, 11) is 0. The van der Waals surface area contributed by atoms with Crippen molar-refractivity contribution in [2.24, 2.45) is 46.3 Å². The lowest BCUT2D eigenvalue weighted by Crippen LogP contribution is -2.62. The van der Waals surface area contributed by atoms with Gasteiger partial charge in [-0.05, 0) is 91.3 Å². The van der Waals surface area contributed by atoms with Crippen LogP contribution in [0.25, 0.3) is 0 Å². The number of rotatable bonds is 3. The predicted molar refractivity (Wildman–Crippen MR) is 127 cm³/mol. The van der Waals surface area contributed by atoms with Crippen LogP contribution in [0.3, 0.4) is 0 Å². The first kappa shape index (κ1) is 24.1. The second-order valence-corrected chi connectivity index (χ2v) is 13.4. The second-order valence-electron chi connectivity index (χ2n) is 12.4. The highest BCUT2D eigenvalue weighted by molar-refractivity contribution is 8.13. The highest BCUT2D eigenvalue weighted by Gasteiger charge is 2.65. The maximum atomic E-state index is 12.8. The zero-order valence-electron chi connectivity index (χ0n) is 20.3. The number of carbonyl (C=O) groups is 2. The van der Waals surface area contributed by atoms with Crippen molar-refractivity contribution in [1.29, 1.82) is 0 Å². The van der Waals surface area contributed by atoms with Gasteiger partial charge >= 0.3 is 0 Å². The van der Waals surface area contributed by atoms with Crippen molar-refractivity contribution >= 4 is 22.9 Å². The summed E-state index contributed by atoms with van der Waals surface area (Å²) in [6, 6.07) is 0. The first-order valence-electron chi connectivity index (χ1n) is 13.1. The Hall–Kier alpha value is -0.630. The summed E-state index contributed by atoms with van der Waals surface area (Å²) in [5, 5.41) is 33.2. The van der Waals surface area contributed by atoms with Gasteiger partial charge < -0.3 is 15.3 Å². The molecule has 4 aliphatic carbocycles. The smallest absolute Gasteiger partial charge is 0.288 e. The highest BCUT2D eigenvalue weighted by atomic mass is 32.2. The fraction of sp³-hybridized carbons (Fsp3) is 0.923. The third-order valence-electron chi connectivity index (χ3n) is 11.1. The van der Waals surface area contributed by atoms with Crippen LogP contribution in [-0.4, -0.2) is 62.0 Å². The van der Waals surface area contributed by atoms with Gasteiger partial charge in [-0.1, -0.05) is 32.5 Å². The summed E-state index contributed by atoms with van der Waals surface area (Å²) in [5.41, 5.74) is -0.248. The lowest BCUT2D eigenvalue weighted by molar-refractivity contribution is -0.207. The van der Waals surface area contributed by atoms with Gasteiger partial charge in [0.25, 0.3) is 5.24 Å². The Morgan fingerprint density at radius 1 is 1.12 bits per heavy atom. The van der Waals surface area contributed by atoms with E-state index in [1.807, 2.05) is 0 Å². The van der Waals surface area contributed by atoms with Crippen LogP contribution in [0.15, 0.2) is 0 Å². The Morgan fingerprint density at radius 3 is 2.58 bits per heavy atom. The molecule has 5 fully saturated rings. The van der Waals surface area contributed by atoms with E-state index in [-0.39, 0.29) is 63.8 Å². The summed E-state index contributed by atoms with van der Waals surface area (Å²) >= 11 is 1.21. The summed E-state index contributed by atoms with van der Waals surface area (Å²) in [6.07, 6.45) is 5.21. The summed E-state index contributed by atoms with van der Waals surface area (Å²) in [5.74, 6) is 1.92. The molecule has 0 aromatic heterocycles. The van der Waals surface area contributed by atoms with Crippen molar-refractivity contribution in [1.82, 2.24) is 4.90 Å². The van der Waals surface area contributed by atoms with Gasteiger partial charge in [-0.25, -0.2) is 0 Å². The fourth-order valence-electron chi connectivity index (χ4n) is 9.28. The normalized spacial score (nSPS) is 50.5. The van der Waals surface area contributed by atoms with Crippen LogP contribution in [0.5, 0.6) is 0 Å². The van der Waals surface area contributed by atoms with Gasteiger partial charge in [-0.2, -0.15) is 0 Å². The van der Waals surface area contributed by atoms with Crippen molar-refractivity contribution in [3.8, 4) is 0 Å². The van der Waals surface area contributed by atoms with Crippen LogP contribution in [0.1, 0.15) is 72.1 Å². The largest absolute Gasteiger partial charge is 0.393 e. The van der Waals surface area contributed by atoms with Gasteiger partial charge in [0.15, 0.2) is 0 Å². The summed E-state index contributed by atoms with van der Waals surface area (Å²) in [6.45, 7) is 7.17. The van der Waals surface area contributed by atoms with Gasteiger partial charge in [0.1, 0.15) is 0 Å². The van der Waals surface area contributed by atoms with E-state index in [0.717, 1.165) is 38.5 Å². The lowest BCUT2D eigenvalue weighted by Gasteiger charge is -2.63. The molecule has 6 nitrogen and oxygen atoms in total. The molecule has 0 aromatic carbocycles. The Balaban J connectivity index is 1.37. The predicted octanol–water partition coefficient (Wildman–Crippen LogP) is 3.67. The topological polar surface area (TPSA) is 98.1 Å². The number of hydrogen-bond acceptors (Lipinski definition) is 6. The summed E-state index contributed by atoms with van der Waals surface area (Å²) in [4.78, 5) is 26.2. The third-order valence-corrected chi connectivity index (χ3v) is 11.9. The molecular weight excluding hydrogens is 438 g/mol. The minimum Gasteiger partial charge on any atom is -0.393 e. The van der Waals surface area contributed by atoms with E-state index in [4.69, 9.17) is 0 Å². The molecule has 6 unspecified atom stereocenters. The van der Waals surface area contributed by atoms with Gasteiger partial charge in [0.2, 0.25) is 5.91 Å². The van der Waals surface area contributed by atoms with Crippen LogP contribution >= 0.6 is 11.8 Å². The number of thioether (sulfide) groups is 1. The van der Waals surface area contributed by atoms with Crippen molar-refractivity contribution < 1.29 is 24.9 Å². The maximum absolute atomic E-state index is 12.8. The van der Waals surface area contributed by atoms with Crippen molar-refractivity contribution in [3.05, 3.63) is 0 Å². The number of nitrogens with zero attached hydrogens (tertiary/aromatic N) is 1. The molecular formula is C26H41NO5S. The molecule has 0 spiro atoms. The molecule has 5 rings (SSSR count). The first-order valence-corrected chi connectivity index (χ1v) is 14.1. The molecule has 7 heteroatoms. The first-order chi connectivity index (χ1) is 15.6. The molecule has 0 bridgehead atoms. The summed E-state index contributed by atoms with van der Waals surface area (Å²) < 4.78 is 0. The Labute approximate surface area is 201 Å². The van der Waals surface area contributed by atoms with Crippen molar-refractivity contribution in [3.63, 3.8) is 0 Å². The maximum Gasteiger partial charge on any atom is 0.288 e. The molecule has 2 amide bonds. The molecule has 186 valence electrons. The zero-order valence-corrected chi connectivity index (χ0v) is 21.1. The van der Waals surface area contributed by atoms with Crippen LogP contribution in [0.2, 0.25) is 0 Å². The van der Waals surface area contributed by atoms with Crippen LogP contribution in [-0.2, 0) is 4.79 Å². The Bertz CT molecular complexity index is 808. The van der Waals surface area contributed by atoms with Gasteiger partial charge in [-0.15, -0.1) is 0 Å². The molecule has 0 radical (unpaired) electrons. The average molecular weight is 480 g/mol. The quantitative estimate of drug-likeness (QED) is 0.571. The molecule has 1 heterocycles. The average Bonchev–Trinajstić information content (AvgIpc) is 3.34. The Morgan fingerprint density at radius 2 is 1.88 bits per heavy atom. The van der Waals surface area contributed by atoms with E-state index in [2.05, 4.69) is 20.8 Å². The van der Waals surface area contributed by atoms with Crippen LogP contribution < -0.4 is 0 Å². The Kier molecular flexibility index (Phi) is 6.20. The van der Waals surface area contributed by atoms with Gasteiger partial charge in [-0.3, -0.25) is 14.5 Å². The highest BCUT2D eigenvalue weighted by Crippen LogP contribution is 2.68. The molecule has 11 atom stereocenters. The molecule has 5 aliphatic rings. The molecule has 4 saturated carbocycles. The number of carbonyl (C=O) groups excluding carboxylic acids is 2. The molecule has 0 aromatic rings. The minimum atomic E-state index is -0.451. The second kappa shape index (κ2) is 8.49. The van der Waals surface area contributed by atoms with Crippen LogP contribution in [0, 0.1) is 46.3 Å². The number of imide groups is 1. The minimum absolute atomic E-state index is 0.0683. The SMILES string of the molecule is CC(CC(=O)N1CCSC1=O)C1CCC2C3C(C[C@@H](O)[C@@]12C)[C@]1(C)CC[C@H](O)CC1C[C@@H]3O. The number of aliphatic hydroxyl groups is 3. The van der Waals surface area contributed by atoms with Crippen molar-refractivity contribution in [2.45, 2.75) is 90.4 Å². The van der Waals surface area contributed by atoms with Gasteiger partial charge in [0.05, 0.1) is 18.3 Å². The number of hydrogen-bond donors (Lipinski definition) is 3. The van der Waals surface area contributed by atoms with E-state index in [9.17, 15) is 24.9 Å². The van der Waals surface area contributed by atoms with E-state index < -0.39 is 6.10 Å². The monoisotopic (exact) mass is 479 g/mol. The van der Waals surface area contributed by atoms with Crippen LogP contribution in [0.4, 0.5) is 4.79 Å². The number of amides is 2. The lowest BCUT2D eigenvalue weighted by atomic mass is 9.43. The number of fused-ring (bicyclic) bond motifs is 5. The van der Waals surface area contributed by atoms with E-state index >= 15 is 0 Å². The van der Waals surface area contributed by atoms with E-state index in [1.165, 1.54) is 16.7 Å². The molecule has 1 saturated heterocycles.